The van der Waals surface area contributed by atoms with E-state index in [9.17, 15) is 0 Å². The van der Waals surface area contributed by atoms with Crippen LogP contribution in [0, 0.1) is 6.92 Å². The molecule has 0 radical (unpaired) electrons. The highest BCUT2D eigenvalue weighted by Gasteiger charge is 2.04. The minimum Gasteiger partial charge on any atom is -0.323 e. The van der Waals surface area contributed by atoms with E-state index in [1.54, 1.807) is 11.3 Å². The maximum atomic E-state index is 5.35. The Hall–Kier alpha value is -0.650. The molecule has 3 nitrogen and oxygen atoms in total. The Morgan fingerprint density at radius 2 is 2.31 bits per heavy atom. The molecule has 1 aromatic heterocycles. The van der Waals surface area contributed by atoms with Gasteiger partial charge in [-0.05, 0) is 35.0 Å². The second-order valence-corrected chi connectivity index (χ2v) is 4.77. The first-order valence-electron chi connectivity index (χ1n) is 3.74. The van der Waals surface area contributed by atoms with Gasteiger partial charge in [0.05, 0.1) is 20.9 Å². The quantitative estimate of drug-likeness (QED) is 0.610. The molecule has 13 heavy (non-hydrogen) atoms. The highest BCUT2D eigenvalue weighted by atomic mass is 79.9. The van der Waals surface area contributed by atoms with Crippen LogP contribution in [0.3, 0.4) is 0 Å². The number of nitrogens with two attached hydrogens (primary N) is 1. The minimum absolute atomic E-state index is 0.885. The second kappa shape index (κ2) is 3.25. The SMILES string of the molecule is Cc1nc2cc(Br)c(NN)cc2s1. The van der Waals surface area contributed by atoms with Gasteiger partial charge in [0.1, 0.15) is 0 Å². The number of anilines is 1. The second-order valence-electron chi connectivity index (χ2n) is 2.68. The van der Waals surface area contributed by atoms with Crippen molar-refractivity contribution in [2.45, 2.75) is 6.92 Å². The minimum atomic E-state index is 0.885. The van der Waals surface area contributed by atoms with E-state index < -0.39 is 0 Å². The van der Waals surface area contributed by atoms with Gasteiger partial charge in [-0.3, -0.25) is 5.84 Å². The third-order valence-corrected chi connectivity index (χ3v) is 3.33. The number of rotatable bonds is 1. The molecule has 0 aliphatic heterocycles. The molecule has 0 fully saturated rings. The summed E-state index contributed by atoms with van der Waals surface area (Å²) >= 11 is 5.07. The smallest absolute Gasteiger partial charge is 0.0907 e. The van der Waals surface area contributed by atoms with E-state index in [1.165, 1.54) is 0 Å². The average molecular weight is 258 g/mol. The summed E-state index contributed by atoms with van der Waals surface area (Å²) in [4.78, 5) is 4.37. The fourth-order valence-corrected chi connectivity index (χ4v) is 2.47. The number of aromatic nitrogens is 1. The molecule has 0 saturated carbocycles. The van der Waals surface area contributed by atoms with E-state index in [0.29, 0.717) is 0 Å². The van der Waals surface area contributed by atoms with Gasteiger partial charge < -0.3 is 5.43 Å². The molecular formula is C8H8BrN3S. The van der Waals surface area contributed by atoms with Gasteiger partial charge in [0, 0.05) is 4.47 Å². The molecule has 1 aromatic carbocycles. The molecule has 2 aromatic rings. The van der Waals surface area contributed by atoms with Crippen LogP contribution in [0.4, 0.5) is 5.69 Å². The van der Waals surface area contributed by atoms with E-state index >= 15 is 0 Å². The number of thiazole rings is 1. The Bertz CT molecular complexity index is 452. The predicted octanol–water partition coefficient (Wildman–Crippen LogP) is 2.65. The summed E-state index contributed by atoms with van der Waals surface area (Å²) < 4.78 is 2.08. The lowest BCUT2D eigenvalue weighted by atomic mass is 10.3. The summed E-state index contributed by atoms with van der Waals surface area (Å²) in [5, 5.41) is 1.07. The van der Waals surface area contributed by atoms with Crippen LogP contribution in [-0.4, -0.2) is 4.98 Å². The van der Waals surface area contributed by atoms with Crippen molar-refractivity contribution < 1.29 is 0 Å². The zero-order valence-electron chi connectivity index (χ0n) is 6.97. The van der Waals surface area contributed by atoms with Crippen molar-refractivity contribution in [3.63, 3.8) is 0 Å². The van der Waals surface area contributed by atoms with Crippen LogP contribution in [0.15, 0.2) is 16.6 Å². The molecule has 3 N–H and O–H groups in total. The Kier molecular flexibility index (Phi) is 2.23. The lowest BCUT2D eigenvalue weighted by molar-refractivity contribution is 1.33. The molecule has 5 heteroatoms. The van der Waals surface area contributed by atoms with Crippen molar-refractivity contribution in [2.24, 2.45) is 5.84 Å². The number of benzene rings is 1. The fraction of sp³-hybridized carbons (Fsp3) is 0.125. The number of hydrazine groups is 1. The highest BCUT2D eigenvalue weighted by molar-refractivity contribution is 9.10. The van der Waals surface area contributed by atoms with Gasteiger partial charge in [0.2, 0.25) is 0 Å². The lowest BCUT2D eigenvalue weighted by Crippen LogP contribution is -2.06. The van der Waals surface area contributed by atoms with Gasteiger partial charge in [-0.2, -0.15) is 0 Å². The molecule has 0 spiro atoms. The molecule has 0 amide bonds. The van der Waals surface area contributed by atoms with E-state index in [0.717, 1.165) is 25.4 Å². The summed E-state index contributed by atoms with van der Waals surface area (Å²) in [5.74, 6) is 5.35. The van der Waals surface area contributed by atoms with Gasteiger partial charge in [0.25, 0.3) is 0 Å². The van der Waals surface area contributed by atoms with Gasteiger partial charge >= 0.3 is 0 Å². The molecular weight excluding hydrogens is 250 g/mol. The third-order valence-electron chi connectivity index (χ3n) is 1.74. The van der Waals surface area contributed by atoms with Crippen LogP contribution >= 0.6 is 27.3 Å². The Morgan fingerprint density at radius 3 is 3.00 bits per heavy atom. The van der Waals surface area contributed by atoms with Gasteiger partial charge in [-0.25, -0.2) is 4.98 Å². The van der Waals surface area contributed by atoms with E-state index in [-0.39, 0.29) is 0 Å². The normalized spacial score (nSPS) is 10.7. The topological polar surface area (TPSA) is 50.9 Å². The number of fused-ring (bicyclic) bond motifs is 1. The first-order chi connectivity index (χ1) is 6.20. The standard InChI is InChI=1S/C8H8BrN3S/c1-4-11-7-2-5(9)6(12-10)3-8(7)13-4/h2-3,12H,10H2,1H3. The number of hydrogen-bond acceptors (Lipinski definition) is 4. The molecule has 0 bridgehead atoms. The summed E-state index contributed by atoms with van der Waals surface area (Å²) in [6.07, 6.45) is 0. The third kappa shape index (κ3) is 1.54. The van der Waals surface area contributed by atoms with Crippen molar-refractivity contribution in [3.05, 3.63) is 21.6 Å². The van der Waals surface area contributed by atoms with Crippen molar-refractivity contribution in [1.29, 1.82) is 0 Å². The van der Waals surface area contributed by atoms with Crippen molar-refractivity contribution in [2.75, 3.05) is 5.43 Å². The van der Waals surface area contributed by atoms with Crippen LogP contribution in [0.5, 0.6) is 0 Å². The van der Waals surface area contributed by atoms with E-state index in [4.69, 9.17) is 5.84 Å². The van der Waals surface area contributed by atoms with Gasteiger partial charge in [-0.1, -0.05) is 0 Å². The molecule has 0 saturated heterocycles. The Labute approximate surface area is 88.1 Å². The van der Waals surface area contributed by atoms with Crippen LogP contribution in [-0.2, 0) is 0 Å². The monoisotopic (exact) mass is 257 g/mol. The summed E-state index contributed by atoms with van der Waals surface area (Å²) in [6.45, 7) is 1.99. The molecule has 1 heterocycles. The van der Waals surface area contributed by atoms with Crippen LogP contribution in [0.25, 0.3) is 10.2 Å². The first kappa shape index (κ1) is 8.93. The highest BCUT2D eigenvalue weighted by Crippen LogP contribution is 2.30. The number of halogens is 1. The summed E-state index contributed by atoms with van der Waals surface area (Å²) in [7, 11) is 0. The Balaban J connectivity index is 2.72. The predicted molar refractivity (Wildman–Crippen MR) is 59.9 cm³/mol. The molecule has 0 atom stereocenters. The molecule has 2 rings (SSSR count). The van der Waals surface area contributed by atoms with Crippen molar-refractivity contribution in [1.82, 2.24) is 4.98 Å². The van der Waals surface area contributed by atoms with Crippen molar-refractivity contribution >= 4 is 43.2 Å². The van der Waals surface area contributed by atoms with Crippen LogP contribution in [0.1, 0.15) is 5.01 Å². The molecule has 0 aliphatic carbocycles. The Morgan fingerprint density at radius 1 is 1.54 bits per heavy atom. The number of aryl methyl sites for hydroxylation is 1. The summed E-state index contributed by atoms with van der Waals surface area (Å²) in [5.41, 5.74) is 4.52. The maximum Gasteiger partial charge on any atom is 0.0907 e. The molecule has 0 unspecified atom stereocenters. The van der Waals surface area contributed by atoms with E-state index in [2.05, 4.69) is 26.3 Å². The van der Waals surface area contributed by atoms with Crippen LogP contribution in [0.2, 0.25) is 0 Å². The average Bonchev–Trinajstić information content (AvgIpc) is 2.42. The maximum absolute atomic E-state index is 5.35. The number of nitrogens with zero attached hydrogens (tertiary/aromatic N) is 1. The fourth-order valence-electron chi connectivity index (χ4n) is 1.17. The summed E-state index contributed by atoms with van der Waals surface area (Å²) in [6, 6.07) is 3.96. The van der Waals surface area contributed by atoms with Gasteiger partial charge in [0.15, 0.2) is 0 Å². The largest absolute Gasteiger partial charge is 0.323 e. The zero-order chi connectivity index (χ0) is 9.42. The number of nitrogens with one attached hydrogen (secondary N) is 1. The zero-order valence-corrected chi connectivity index (χ0v) is 9.37. The lowest BCUT2D eigenvalue weighted by Gasteiger charge is -2.01. The number of hydrogen-bond donors (Lipinski definition) is 2. The number of nitrogen functional groups attached to an aromatic ring is 1. The van der Waals surface area contributed by atoms with Crippen LogP contribution < -0.4 is 11.3 Å². The first-order valence-corrected chi connectivity index (χ1v) is 5.35. The molecule has 68 valence electrons. The molecule has 0 aliphatic rings. The van der Waals surface area contributed by atoms with Gasteiger partial charge in [-0.15, -0.1) is 11.3 Å². The van der Waals surface area contributed by atoms with E-state index in [1.807, 2.05) is 19.1 Å². The van der Waals surface area contributed by atoms with Crippen molar-refractivity contribution in [3.8, 4) is 0 Å².